The molecule has 1 aliphatic carbocycles. The summed E-state index contributed by atoms with van der Waals surface area (Å²) in [7, 11) is 2.11. The first-order valence-corrected chi connectivity index (χ1v) is 6.93. The van der Waals surface area contributed by atoms with Crippen molar-refractivity contribution in [3.63, 3.8) is 0 Å². The van der Waals surface area contributed by atoms with E-state index >= 15 is 0 Å². The average Bonchev–Trinajstić information content (AvgIpc) is 2.29. The van der Waals surface area contributed by atoms with E-state index < -0.39 is 0 Å². The van der Waals surface area contributed by atoms with Crippen LogP contribution in [-0.2, 0) is 0 Å². The molecule has 0 aliphatic heterocycles. The van der Waals surface area contributed by atoms with Crippen molar-refractivity contribution in [2.24, 2.45) is 11.8 Å². The van der Waals surface area contributed by atoms with Gasteiger partial charge in [-0.2, -0.15) is 0 Å². The zero-order valence-electron chi connectivity index (χ0n) is 11.6. The summed E-state index contributed by atoms with van der Waals surface area (Å²) in [5, 5.41) is 11.3. The van der Waals surface area contributed by atoms with Gasteiger partial charge < -0.3 is 10.4 Å². The van der Waals surface area contributed by atoms with Crippen LogP contribution in [0.5, 0.6) is 0 Å². The second-order valence-electron chi connectivity index (χ2n) is 5.29. The number of aliphatic hydroxyl groups is 1. The normalized spacial score (nSPS) is 25.1. The first kappa shape index (κ1) is 15.9. The van der Waals surface area contributed by atoms with Gasteiger partial charge >= 0.3 is 0 Å². The second kappa shape index (κ2) is 10.1. The SMILES string of the molecule is CCCO.CNC1CCCCC1CC(C)C. The summed E-state index contributed by atoms with van der Waals surface area (Å²) >= 11 is 0. The van der Waals surface area contributed by atoms with Gasteiger partial charge in [0.2, 0.25) is 0 Å². The smallest absolute Gasteiger partial charge is 0.0428 e. The van der Waals surface area contributed by atoms with Crippen LogP contribution in [0, 0.1) is 11.8 Å². The van der Waals surface area contributed by atoms with Crippen molar-refractivity contribution >= 4 is 0 Å². The van der Waals surface area contributed by atoms with Crippen molar-refractivity contribution in [1.29, 1.82) is 0 Å². The predicted octanol–water partition coefficient (Wildman–Crippen LogP) is 3.20. The first-order chi connectivity index (χ1) is 7.65. The zero-order chi connectivity index (χ0) is 12.4. The third kappa shape index (κ3) is 7.24. The van der Waals surface area contributed by atoms with Gasteiger partial charge in [-0.05, 0) is 44.6 Å². The Balaban J connectivity index is 0.000000487. The van der Waals surface area contributed by atoms with Gasteiger partial charge in [-0.1, -0.05) is 33.6 Å². The van der Waals surface area contributed by atoms with Gasteiger partial charge in [0.15, 0.2) is 0 Å². The molecule has 0 bridgehead atoms. The van der Waals surface area contributed by atoms with E-state index in [1.54, 1.807) is 0 Å². The highest BCUT2D eigenvalue weighted by Crippen LogP contribution is 2.29. The van der Waals surface area contributed by atoms with Crippen molar-refractivity contribution in [2.45, 2.75) is 65.3 Å². The van der Waals surface area contributed by atoms with Crippen LogP contribution >= 0.6 is 0 Å². The Morgan fingerprint density at radius 1 is 1.25 bits per heavy atom. The van der Waals surface area contributed by atoms with Gasteiger partial charge in [-0.25, -0.2) is 0 Å². The summed E-state index contributed by atoms with van der Waals surface area (Å²) in [6.07, 6.45) is 8.01. The Hall–Kier alpha value is -0.0800. The molecule has 2 atom stereocenters. The molecule has 0 amide bonds. The first-order valence-electron chi connectivity index (χ1n) is 6.93. The van der Waals surface area contributed by atoms with Crippen LogP contribution in [0.4, 0.5) is 0 Å². The molecule has 0 saturated heterocycles. The molecule has 1 rings (SSSR count). The molecule has 2 N–H and O–H groups in total. The van der Waals surface area contributed by atoms with E-state index in [9.17, 15) is 0 Å². The molecule has 0 heterocycles. The lowest BCUT2D eigenvalue weighted by Gasteiger charge is -2.32. The van der Waals surface area contributed by atoms with E-state index in [2.05, 4.69) is 26.2 Å². The van der Waals surface area contributed by atoms with Crippen molar-refractivity contribution in [3.05, 3.63) is 0 Å². The molecular formula is C14H31NO. The fourth-order valence-electron chi connectivity index (χ4n) is 2.48. The van der Waals surface area contributed by atoms with Gasteiger partial charge in [0, 0.05) is 12.6 Å². The third-order valence-electron chi connectivity index (χ3n) is 3.28. The molecule has 98 valence electrons. The maximum Gasteiger partial charge on any atom is 0.0428 e. The molecule has 0 radical (unpaired) electrons. The summed E-state index contributed by atoms with van der Waals surface area (Å²) in [5.41, 5.74) is 0. The van der Waals surface area contributed by atoms with Crippen LogP contribution in [0.25, 0.3) is 0 Å². The van der Waals surface area contributed by atoms with Gasteiger partial charge in [0.25, 0.3) is 0 Å². The van der Waals surface area contributed by atoms with Crippen LogP contribution in [-0.4, -0.2) is 24.8 Å². The molecule has 1 aliphatic rings. The molecule has 0 aromatic heterocycles. The van der Waals surface area contributed by atoms with Crippen molar-refractivity contribution in [1.82, 2.24) is 5.32 Å². The number of rotatable bonds is 4. The minimum Gasteiger partial charge on any atom is -0.396 e. The maximum atomic E-state index is 7.88. The van der Waals surface area contributed by atoms with E-state index in [-0.39, 0.29) is 0 Å². The highest BCUT2D eigenvalue weighted by Gasteiger charge is 2.23. The highest BCUT2D eigenvalue weighted by atomic mass is 16.2. The molecular weight excluding hydrogens is 198 g/mol. The minimum absolute atomic E-state index is 0.319. The predicted molar refractivity (Wildman–Crippen MR) is 71.6 cm³/mol. The van der Waals surface area contributed by atoms with Crippen molar-refractivity contribution in [3.8, 4) is 0 Å². The fraction of sp³-hybridized carbons (Fsp3) is 1.00. The summed E-state index contributed by atoms with van der Waals surface area (Å²) in [5.74, 6) is 1.81. The topological polar surface area (TPSA) is 32.3 Å². The van der Waals surface area contributed by atoms with E-state index in [1.165, 1.54) is 32.1 Å². The van der Waals surface area contributed by atoms with Crippen LogP contribution in [0.1, 0.15) is 59.3 Å². The van der Waals surface area contributed by atoms with E-state index in [1.807, 2.05) is 6.92 Å². The summed E-state index contributed by atoms with van der Waals surface area (Å²) in [6, 6.07) is 0.807. The number of aliphatic hydroxyl groups excluding tert-OH is 1. The van der Waals surface area contributed by atoms with Gasteiger partial charge in [-0.15, -0.1) is 0 Å². The Labute approximate surface area is 102 Å². The van der Waals surface area contributed by atoms with Gasteiger partial charge in [0.05, 0.1) is 0 Å². The van der Waals surface area contributed by atoms with Crippen LogP contribution < -0.4 is 5.32 Å². The van der Waals surface area contributed by atoms with E-state index in [0.717, 1.165) is 24.3 Å². The Bertz CT molecular complexity index is 146. The molecule has 2 heteroatoms. The summed E-state index contributed by atoms with van der Waals surface area (Å²) in [4.78, 5) is 0. The molecule has 0 aromatic carbocycles. The molecule has 0 spiro atoms. The lowest BCUT2D eigenvalue weighted by molar-refractivity contribution is 0.238. The Morgan fingerprint density at radius 3 is 2.25 bits per heavy atom. The number of hydrogen-bond acceptors (Lipinski definition) is 2. The maximum absolute atomic E-state index is 7.88. The van der Waals surface area contributed by atoms with E-state index in [4.69, 9.17) is 5.11 Å². The highest BCUT2D eigenvalue weighted by molar-refractivity contribution is 4.80. The fourth-order valence-corrected chi connectivity index (χ4v) is 2.48. The largest absolute Gasteiger partial charge is 0.396 e. The monoisotopic (exact) mass is 229 g/mol. The zero-order valence-corrected chi connectivity index (χ0v) is 11.6. The lowest BCUT2D eigenvalue weighted by atomic mass is 9.80. The molecule has 1 saturated carbocycles. The van der Waals surface area contributed by atoms with Crippen molar-refractivity contribution in [2.75, 3.05) is 13.7 Å². The molecule has 0 aromatic rings. The molecule has 2 unspecified atom stereocenters. The number of hydrogen-bond donors (Lipinski definition) is 2. The van der Waals surface area contributed by atoms with Crippen LogP contribution in [0.15, 0.2) is 0 Å². The Kier molecular flexibility index (Phi) is 10.0. The second-order valence-corrected chi connectivity index (χ2v) is 5.29. The minimum atomic E-state index is 0.319. The molecule has 16 heavy (non-hydrogen) atoms. The average molecular weight is 229 g/mol. The number of nitrogens with one attached hydrogen (secondary N) is 1. The molecule has 2 nitrogen and oxygen atoms in total. The van der Waals surface area contributed by atoms with E-state index in [0.29, 0.717) is 6.61 Å². The van der Waals surface area contributed by atoms with Crippen LogP contribution in [0.2, 0.25) is 0 Å². The molecule has 1 fully saturated rings. The summed E-state index contributed by atoms with van der Waals surface area (Å²) < 4.78 is 0. The summed E-state index contributed by atoms with van der Waals surface area (Å²) in [6.45, 7) is 6.92. The standard InChI is InChI=1S/C11H23N.C3H8O/c1-9(2)8-10-6-4-5-7-11(10)12-3;1-2-3-4/h9-12H,4-8H2,1-3H3;4H,2-3H2,1H3. The quantitative estimate of drug-likeness (QED) is 0.776. The lowest BCUT2D eigenvalue weighted by Crippen LogP contribution is -2.36. The van der Waals surface area contributed by atoms with Crippen LogP contribution in [0.3, 0.4) is 0 Å². The Morgan fingerprint density at radius 2 is 1.81 bits per heavy atom. The third-order valence-corrected chi connectivity index (χ3v) is 3.28. The van der Waals surface area contributed by atoms with Gasteiger partial charge in [0.1, 0.15) is 0 Å². The van der Waals surface area contributed by atoms with Gasteiger partial charge in [-0.3, -0.25) is 0 Å². The van der Waals surface area contributed by atoms with Crippen molar-refractivity contribution < 1.29 is 5.11 Å².